The Bertz CT molecular complexity index is 424. The number of sulfonamides is 1. The molecule has 0 saturated heterocycles. The first kappa shape index (κ1) is 13.7. The quantitative estimate of drug-likeness (QED) is 0.838. The van der Waals surface area contributed by atoms with Crippen LogP contribution in [0.3, 0.4) is 0 Å². The summed E-state index contributed by atoms with van der Waals surface area (Å²) in [6, 6.07) is 7.36. The number of benzene rings is 1. The van der Waals surface area contributed by atoms with E-state index in [4.69, 9.17) is 0 Å². The smallest absolute Gasteiger partial charge is 0.212 e. The zero-order chi connectivity index (χ0) is 12.2. The van der Waals surface area contributed by atoms with Crippen LogP contribution in [0.5, 0.6) is 0 Å². The van der Waals surface area contributed by atoms with Crippen molar-refractivity contribution in [2.75, 3.05) is 13.1 Å². The van der Waals surface area contributed by atoms with Gasteiger partial charge in [0.05, 0.1) is 5.75 Å². The predicted molar refractivity (Wildman–Crippen MR) is 69.7 cm³/mol. The molecule has 0 heterocycles. The van der Waals surface area contributed by atoms with Crippen LogP contribution in [0.2, 0.25) is 0 Å². The maximum absolute atomic E-state index is 12.0. The van der Waals surface area contributed by atoms with Gasteiger partial charge in [-0.3, -0.25) is 0 Å². The number of halogens is 1. The standard InChI is InChI=1S/C11H16BrNO2S/c1-3-13(4-2)16(14,15)9-10-5-7-11(12)8-6-10/h5-8H,3-4,9H2,1-2H3. The van der Waals surface area contributed by atoms with E-state index in [0.29, 0.717) is 13.1 Å². The van der Waals surface area contributed by atoms with Gasteiger partial charge in [-0.2, -0.15) is 0 Å². The summed E-state index contributed by atoms with van der Waals surface area (Å²) in [6.45, 7) is 4.75. The summed E-state index contributed by atoms with van der Waals surface area (Å²) in [6.07, 6.45) is 0. The molecule has 0 spiro atoms. The van der Waals surface area contributed by atoms with E-state index < -0.39 is 10.0 Å². The lowest BCUT2D eigenvalue weighted by molar-refractivity contribution is 0.444. The molecular formula is C11H16BrNO2S. The SMILES string of the molecule is CCN(CC)S(=O)(=O)Cc1ccc(Br)cc1. The molecule has 0 aliphatic carbocycles. The van der Waals surface area contributed by atoms with Crippen molar-refractivity contribution in [2.45, 2.75) is 19.6 Å². The molecular weight excluding hydrogens is 290 g/mol. The van der Waals surface area contributed by atoms with Crippen molar-refractivity contribution in [3.63, 3.8) is 0 Å². The molecule has 0 atom stereocenters. The molecule has 16 heavy (non-hydrogen) atoms. The van der Waals surface area contributed by atoms with Gasteiger partial charge in [-0.15, -0.1) is 0 Å². The topological polar surface area (TPSA) is 37.4 Å². The third-order valence-corrected chi connectivity index (χ3v) is 4.89. The van der Waals surface area contributed by atoms with E-state index in [9.17, 15) is 8.42 Å². The van der Waals surface area contributed by atoms with Gasteiger partial charge in [0.2, 0.25) is 10.0 Å². The average molecular weight is 306 g/mol. The summed E-state index contributed by atoms with van der Waals surface area (Å²) in [4.78, 5) is 0. The zero-order valence-electron chi connectivity index (χ0n) is 9.48. The second-order valence-corrected chi connectivity index (χ2v) is 6.35. The van der Waals surface area contributed by atoms with Crippen LogP contribution in [0.1, 0.15) is 19.4 Å². The lowest BCUT2D eigenvalue weighted by atomic mass is 10.2. The molecule has 5 heteroatoms. The highest BCUT2D eigenvalue weighted by molar-refractivity contribution is 9.10. The Morgan fingerprint density at radius 1 is 1.12 bits per heavy atom. The Balaban J connectivity index is 2.84. The normalized spacial score (nSPS) is 12.0. The summed E-state index contributed by atoms with van der Waals surface area (Å²) in [7, 11) is -3.17. The first-order valence-corrected chi connectivity index (χ1v) is 7.62. The molecule has 0 aromatic heterocycles. The monoisotopic (exact) mass is 305 g/mol. The van der Waals surface area contributed by atoms with Crippen molar-refractivity contribution in [1.29, 1.82) is 0 Å². The zero-order valence-corrected chi connectivity index (χ0v) is 11.9. The van der Waals surface area contributed by atoms with Gasteiger partial charge in [0.25, 0.3) is 0 Å². The maximum atomic E-state index is 12.0. The third-order valence-electron chi connectivity index (χ3n) is 2.36. The molecule has 0 amide bonds. The van der Waals surface area contributed by atoms with Crippen molar-refractivity contribution < 1.29 is 8.42 Å². The molecule has 0 unspecified atom stereocenters. The maximum Gasteiger partial charge on any atom is 0.218 e. The first-order chi connectivity index (χ1) is 7.49. The van der Waals surface area contributed by atoms with E-state index in [1.807, 2.05) is 38.1 Å². The van der Waals surface area contributed by atoms with Crippen LogP contribution >= 0.6 is 15.9 Å². The molecule has 0 aliphatic rings. The van der Waals surface area contributed by atoms with Gasteiger partial charge >= 0.3 is 0 Å². The highest BCUT2D eigenvalue weighted by atomic mass is 79.9. The van der Waals surface area contributed by atoms with Crippen LogP contribution in [0.4, 0.5) is 0 Å². The lowest BCUT2D eigenvalue weighted by Gasteiger charge is -2.18. The van der Waals surface area contributed by atoms with Gasteiger partial charge in [-0.05, 0) is 17.7 Å². The second kappa shape index (κ2) is 5.80. The minimum absolute atomic E-state index is 0.0714. The highest BCUT2D eigenvalue weighted by Crippen LogP contribution is 2.14. The highest BCUT2D eigenvalue weighted by Gasteiger charge is 2.18. The van der Waals surface area contributed by atoms with E-state index in [2.05, 4.69) is 15.9 Å². The van der Waals surface area contributed by atoms with Gasteiger partial charge in [-0.1, -0.05) is 41.9 Å². The largest absolute Gasteiger partial charge is 0.218 e. The van der Waals surface area contributed by atoms with Crippen LogP contribution in [-0.4, -0.2) is 25.8 Å². The molecule has 0 radical (unpaired) electrons. The third kappa shape index (κ3) is 3.57. The minimum Gasteiger partial charge on any atom is -0.212 e. The molecule has 0 N–H and O–H groups in total. The Kier molecular flexibility index (Phi) is 4.95. The average Bonchev–Trinajstić information content (AvgIpc) is 2.22. The lowest BCUT2D eigenvalue weighted by Crippen LogP contribution is -2.31. The Morgan fingerprint density at radius 3 is 2.06 bits per heavy atom. The van der Waals surface area contributed by atoms with Gasteiger partial charge < -0.3 is 0 Å². The van der Waals surface area contributed by atoms with Crippen LogP contribution < -0.4 is 0 Å². The number of hydrogen-bond acceptors (Lipinski definition) is 2. The van der Waals surface area contributed by atoms with Crippen molar-refractivity contribution >= 4 is 26.0 Å². The summed E-state index contributed by atoms with van der Waals surface area (Å²) in [5, 5.41) is 0. The summed E-state index contributed by atoms with van der Waals surface area (Å²) < 4.78 is 26.4. The minimum atomic E-state index is -3.17. The predicted octanol–water partition coefficient (Wildman–Crippen LogP) is 2.62. The fourth-order valence-electron chi connectivity index (χ4n) is 1.50. The number of rotatable bonds is 5. The van der Waals surface area contributed by atoms with Crippen molar-refractivity contribution in [1.82, 2.24) is 4.31 Å². The molecule has 0 fully saturated rings. The van der Waals surface area contributed by atoms with Crippen molar-refractivity contribution in [2.24, 2.45) is 0 Å². The molecule has 0 bridgehead atoms. The molecule has 0 saturated carbocycles. The van der Waals surface area contributed by atoms with E-state index in [0.717, 1.165) is 10.0 Å². The van der Waals surface area contributed by atoms with Gasteiger partial charge in [-0.25, -0.2) is 12.7 Å². The fraction of sp³-hybridized carbons (Fsp3) is 0.455. The van der Waals surface area contributed by atoms with E-state index in [1.54, 1.807) is 0 Å². The molecule has 3 nitrogen and oxygen atoms in total. The van der Waals surface area contributed by atoms with Crippen molar-refractivity contribution in [3.05, 3.63) is 34.3 Å². The number of nitrogens with zero attached hydrogens (tertiary/aromatic N) is 1. The van der Waals surface area contributed by atoms with E-state index >= 15 is 0 Å². The van der Waals surface area contributed by atoms with Crippen LogP contribution in [0.25, 0.3) is 0 Å². The van der Waals surface area contributed by atoms with Crippen LogP contribution in [0, 0.1) is 0 Å². The van der Waals surface area contributed by atoms with Gasteiger partial charge in [0.1, 0.15) is 0 Å². The van der Waals surface area contributed by atoms with Gasteiger partial charge in [0.15, 0.2) is 0 Å². The second-order valence-electron chi connectivity index (χ2n) is 3.47. The summed E-state index contributed by atoms with van der Waals surface area (Å²) >= 11 is 3.32. The van der Waals surface area contributed by atoms with Crippen LogP contribution in [-0.2, 0) is 15.8 Å². The first-order valence-electron chi connectivity index (χ1n) is 5.22. The molecule has 1 aromatic carbocycles. The van der Waals surface area contributed by atoms with Gasteiger partial charge in [0, 0.05) is 17.6 Å². The Labute approximate surface area is 106 Å². The van der Waals surface area contributed by atoms with E-state index in [-0.39, 0.29) is 5.75 Å². The van der Waals surface area contributed by atoms with Crippen LogP contribution in [0.15, 0.2) is 28.7 Å². The van der Waals surface area contributed by atoms with Crippen molar-refractivity contribution in [3.8, 4) is 0 Å². The molecule has 1 aromatic rings. The fourth-order valence-corrected chi connectivity index (χ4v) is 3.35. The Hall–Kier alpha value is -0.390. The molecule has 0 aliphatic heterocycles. The molecule has 1 rings (SSSR count). The number of hydrogen-bond donors (Lipinski definition) is 0. The Morgan fingerprint density at radius 2 is 1.62 bits per heavy atom. The molecule has 90 valence electrons. The van der Waals surface area contributed by atoms with E-state index in [1.165, 1.54) is 4.31 Å². The summed E-state index contributed by atoms with van der Waals surface area (Å²) in [5.74, 6) is 0.0714. The summed E-state index contributed by atoms with van der Waals surface area (Å²) in [5.41, 5.74) is 0.815.